The summed E-state index contributed by atoms with van der Waals surface area (Å²) in [5.74, 6) is -1.50. The van der Waals surface area contributed by atoms with Gasteiger partial charge < -0.3 is 9.72 Å². The topological polar surface area (TPSA) is 64.2 Å². The fraction of sp³-hybridized carbons (Fsp3) is 0. The van der Waals surface area contributed by atoms with Crippen molar-refractivity contribution >= 4 is 17.1 Å². The van der Waals surface area contributed by atoms with Crippen LogP contribution in [0, 0.1) is 11.6 Å². The Kier molecular flexibility index (Phi) is 4.51. The molecule has 0 radical (unpaired) electrons. The number of fused-ring (bicyclic) bond motifs is 1. The van der Waals surface area contributed by atoms with Gasteiger partial charge >= 0.3 is 0 Å². The van der Waals surface area contributed by atoms with E-state index in [4.69, 9.17) is 0 Å². The standard InChI is InChI=1S/C23H15F2N5O/c24-17-4-7-20(19(25)12-17)28-23(31)21-9-11-27-30(21)22-8-6-18-5-3-16(14-29(18)22)15-2-1-10-26-13-15/h1-14H,(H,28,31). The molecule has 0 bridgehead atoms. The van der Waals surface area contributed by atoms with E-state index in [0.29, 0.717) is 11.9 Å². The van der Waals surface area contributed by atoms with Crippen LogP contribution in [0.1, 0.15) is 10.5 Å². The number of pyridine rings is 2. The summed E-state index contributed by atoms with van der Waals surface area (Å²) in [5.41, 5.74) is 2.90. The zero-order valence-electron chi connectivity index (χ0n) is 16.0. The van der Waals surface area contributed by atoms with Gasteiger partial charge in [0.1, 0.15) is 23.1 Å². The van der Waals surface area contributed by atoms with Crippen molar-refractivity contribution in [1.29, 1.82) is 0 Å². The van der Waals surface area contributed by atoms with Gasteiger partial charge in [0.15, 0.2) is 0 Å². The number of carbonyl (C=O) groups is 1. The molecule has 0 unspecified atom stereocenters. The highest BCUT2D eigenvalue weighted by molar-refractivity contribution is 6.03. The third kappa shape index (κ3) is 3.44. The first-order chi connectivity index (χ1) is 15.1. The number of nitrogens with zero attached hydrogens (tertiary/aromatic N) is 4. The van der Waals surface area contributed by atoms with E-state index in [9.17, 15) is 13.6 Å². The minimum Gasteiger partial charge on any atom is -0.318 e. The molecule has 0 aliphatic rings. The first-order valence-electron chi connectivity index (χ1n) is 9.42. The van der Waals surface area contributed by atoms with E-state index in [2.05, 4.69) is 15.4 Å². The van der Waals surface area contributed by atoms with E-state index in [1.807, 2.05) is 47.0 Å². The van der Waals surface area contributed by atoms with Crippen LogP contribution in [0.5, 0.6) is 0 Å². The SMILES string of the molecule is O=C(Nc1ccc(F)cc1F)c1ccnn1-c1ccc2ccc(-c3cccnc3)cn12. The highest BCUT2D eigenvalue weighted by Crippen LogP contribution is 2.23. The summed E-state index contributed by atoms with van der Waals surface area (Å²) in [4.78, 5) is 17.0. The van der Waals surface area contributed by atoms with Gasteiger partial charge in [-0.2, -0.15) is 5.10 Å². The lowest BCUT2D eigenvalue weighted by molar-refractivity contribution is 0.101. The molecule has 0 aliphatic carbocycles. The molecule has 5 rings (SSSR count). The van der Waals surface area contributed by atoms with Gasteiger partial charge in [0, 0.05) is 35.7 Å². The number of hydrogen-bond donors (Lipinski definition) is 1. The Morgan fingerprint density at radius 3 is 2.61 bits per heavy atom. The molecule has 1 N–H and O–H groups in total. The minimum absolute atomic E-state index is 0.113. The maximum atomic E-state index is 14.0. The molecular weight excluding hydrogens is 400 g/mol. The van der Waals surface area contributed by atoms with Crippen LogP contribution in [0.3, 0.4) is 0 Å². The molecular formula is C23H15F2N5O. The largest absolute Gasteiger partial charge is 0.318 e. The third-order valence-corrected chi connectivity index (χ3v) is 4.90. The summed E-state index contributed by atoms with van der Waals surface area (Å²) in [6.07, 6.45) is 6.90. The molecule has 6 nitrogen and oxygen atoms in total. The number of aromatic nitrogens is 4. The van der Waals surface area contributed by atoms with E-state index < -0.39 is 17.5 Å². The Labute approximate surface area is 175 Å². The second kappa shape index (κ2) is 7.49. The van der Waals surface area contributed by atoms with E-state index in [1.54, 1.807) is 12.4 Å². The summed E-state index contributed by atoms with van der Waals surface area (Å²) in [6.45, 7) is 0. The molecule has 0 atom stereocenters. The number of hydrogen-bond acceptors (Lipinski definition) is 3. The van der Waals surface area contributed by atoms with E-state index >= 15 is 0 Å². The van der Waals surface area contributed by atoms with Crippen LogP contribution in [0.15, 0.2) is 85.5 Å². The number of amides is 1. The van der Waals surface area contributed by atoms with Crippen LogP contribution >= 0.6 is 0 Å². The molecule has 0 aliphatic heterocycles. The van der Waals surface area contributed by atoms with Crippen molar-refractivity contribution in [3.63, 3.8) is 0 Å². The highest BCUT2D eigenvalue weighted by Gasteiger charge is 2.17. The second-order valence-electron chi connectivity index (χ2n) is 6.85. The Balaban J connectivity index is 1.53. The molecule has 5 aromatic rings. The summed E-state index contributed by atoms with van der Waals surface area (Å²) in [5, 5.41) is 6.75. The van der Waals surface area contributed by atoms with E-state index in [-0.39, 0.29) is 11.4 Å². The number of rotatable bonds is 4. The van der Waals surface area contributed by atoms with Crippen molar-refractivity contribution in [3.05, 3.63) is 103 Å². The van der Waals surface area contributed by atoms with Crippen molar-refractivity contribution < 1.29 is 13.6 Å². The molecule has 1 aromatic carbocycles. The van der Waals surface area contributed by atoms with Crippen molar-refractivity contribution in [2.75, 3.05) is 5.32 Å². The van der Waals surface area contributed by atoms with Crippen molar-refractivity contribution in [1.82, 2.24) is 19.2 Å². The van der Waals surface area contributed by atoms with Gasteiger partial charge in [-0.3, -0.25) is 9.78 Å². The molecule has 0 saturated heterocycles. The summed E-state index contributed by atoms with van der Waals surface area (Å²) in [6, 6.07) is 16.0. The number of anilines is 1. The normalized spacial score (nSPS) is 11.0. The molecule has 4 heterocycles. The number of carbonyl (C=O) groups excluding carboxylic acids is 1. The van der Waals surface area contributed by atoms with Gasteiger partial charge in [0.2, 0.25) is 0 Å². The maximum Gasteiger partial charge on any atom is 0.274 e. The van der Waals surface area contributed by atoms with Gasteiger partial charge in [-0.15, -0.1) is 0 Å². The Morgan fingerprint density at radius 2 is 1.81 bits per heavy atom. The number of nitrogens with one attached hydrogen (secondary N) is 1. The van der Waals surface area contributed by atoms with Crippen LogP contribution < -0.4 is 5.32 Å². The van der Waals surface area contributed by atoms with Gasteiger partial charge in [-0.1, -0.05) is 12.1 Å². The highest BCUT2D eigenvalue weighted by atomic mass is 19.1. The first-order valence-corrected chi connectivity index (χ1v) is 9.42. The number of benzene rings is 1. The van der Waals surface area contributed by atoms with Crippen molar-refractivity contribution in [2.45, 2.75) is 0 Å². The zero-order chi connectivity index (χ0) is 21.4. The molecule has 0 saturated carbocycles. The van der Waals surface area contributed by atoms with Gasteiger partial charge in [0.25, 0.3) is 5.91 Å². The lowest BCUT2D eigenvalue weighted by atomic mass is 10.1. The first kappa shape index (κ1) is 18.7. The fourth-order valence-electron chi connectivity index (χ4n) is 3.40. The minimum atomic E-state index is -0.853. The van der Waals surface area contributed by atoms with E-state index in [0.717, 1.165) is 22.7 Å². The van der Waals surface area contributed by atoms with Crippen LogP contribution in [0.2, 0.25) is 0 Å². The molecule has 1 amide bonds. The Hall–Kier alpha value is -4.33. The molecule has 0 spiro atoms. The summed E-state index contributed by atoms with van der Waals surface area (Å²) in [7, 11) is 0. The lowest BCUT2D eigenvalue weighted by Gasteiger charge is -2.10. The van der Waals surface area contributed by atoms with Crippen LogP contribution in [-0.4, -0.2) is 25.1 Å². The molecule has 0 fully saturated rings. The van der Waals surface area contributed by atoms with Gasteiger partial charge in [-0.05, 0) is 48.0 Å². The summed E-state index contributed by atoms with van der Waals surface area (Å²) >= 11 is 0. The monoisotopic (exact) mass is 415 g/mol. The second-order valence-corrected chi connectivity index (χ2v) is 6.85. The third-order valence-electron chi connectivity index (χ3n) is 4.90. The summed E-state index contributed by atoms with van der Waals surface area (Å²) < 4.78 is 30.5. The Morgan fingerprint density at radius 1 is 0.935 bits per heavy atom. The molecule has 4 aromatic heterocycles. The molecule has 152 valence electrons. The Bertz CT molecular complexity index is 1410. The predicted molar refractivity (Wildman–Crippen MR) is 112 cm³/mol. The van der Waals surface area contributed by atoms with Gasteiger partial charge in [0.05, 0.1) is 11.9 Å². The average Bonchev–Trinajstić information content (AvgIpc) is 3.42. The van der Waals surface area contributed by atoms with E-state index in [1.165, 1.54) is 23.0 Å². The maximum absolute atomic E-state index is 14.0. The van der Waals surface area contributed by atoms with Crippen LogP contribution in [-0.2, 0) is 0 Å². The average molecular weight is 415 g/mol. The van der Waals surface area contributed by atoms with Crippen molar-refractivity contribution in [3.8, 4) is 16.9 Å². The quantitative estimate of drug-likeness (QED) is 0.462. The number of halogens is 2. The fourth-order valence-corrected chi connectivity index (χ4v) is 3.40. The van der Waals surface area contributed by atoms with Crippen LogP contribution in [0.4, 0.5) is 14.5 Å². The molecule has 8 heteroatoms. The zero-order valence-corrected chi connectivity index (χ0v) is 16.0. The molecule has 31 heavy (non-hydrogen) atoms. The van der Waals surface area contributed by atoms with Crippen molar-refractivity contribution in [2.24, 2.45) is 0 Å². The lowest BCUT2D eigenvalue weighted by Crippen LogP contribution is -2.18. The predicted octanol–water partition coefficient (Wildman–Crippen LogP) is 4.72. The van der Waals surface area contributed by atoms with Gasteiger partial charge in [-0.25, -0.2) is 13.5 Å². The smallest absolute Gasteiger partial charge is 0.274 e. The van der Waals surface area contributed by atoms with Crippen LogP contribution in [0.25, 0.3) is 22.5 Å².